The van der Waals surface area contributed by atoms with Gasteiger partial charge in [-0.1, -0.05) is 25.4 Å². The molecule has 106 valence electrons. The van der Waals surface area contributed by atoms with Crippen molar-refractivity contribution in [1.29, 1.82) is 0 Å². The normalized spacial score (nSPS) is 10.8. The lowest BCUT2D eigenvalue weighted by atomic mass is 10.1. The molecule has 1 amide bonds. The van der Waals surface area contributed by atoms with Crippen LogP contribution in [0.25, 0.3) is 11.3 Å². The molecule has 1 heterocycles. The van der Waals surface area contributed by atoms with Gasteiger partial charge in [-0.05, 0) is 24.1 Å². The van der Waals surface area contributed by atoms with Crippen molar-refractivity contribution in [1.82, 2.24) is 4.98 Å². The highest BCUT2D eigenvalue weighted by atomic mass is 35.5. The van der Waals surface area contributed by atoms with Crippen molar-refractivity contribution in [3.8, 4) is 11.3 Å². The fourth-order valence-electron chi connectivity index (χ4n) is 1.66. The van der Waals surface area contributed by atoms with E-state index in [1.807, 2.05) is 13.8 Å². The Hall–Kier alpha value is -1.46. The van der Waals surface area contributed by atoms with E-state index in [1.165, 1.54) is 23.5 Å². The van der Waals surface area contributed by atoms with Gasteiger partial charge in [-0.25, -0.2) is 9.37 Å². The van der Waals surface area contributed by atoms with Gasteiger partial charge in [0.2, 0.25) is 5.91 Å². The Balaban J connectivity index is 2.12. The first-order valence-corrected chi connectivity index (χ1v) is 7.42. The van der Waals surface area contributed by atoms with Gasteiger partial charge in [0.15, 0.2) is 5.13 Å². The summed E-state index contributed by atoms with van der Waals surface area (Å²) in [6, 6.07) is 4.43. The fourth-order valence-corrected chi connectivity index (χ4v) is 2.58. The molecule has 1 aromatic heterocycles. The molecule has 0 spiro atoms. The standard InChI is InChI=1S/C14H14ClFN2OS/c1-8(2)5-13(19)18-14-17-12(7-20-14)9-3-4-11(16)10(15)6-9/h3-4,6-8H,5H2,1-2H3,(H,17,18,19). The molecule has 0 saturated carbocycles. The Morgan fingerprint density at radius 1 is 1.50 bits per heavy atom. The molecule has 0 saturated heterocycles. The van der Waals surface area contributed by atoms with Gasteiger partial charge in [0.05, 0.1) is 10.7 Å². The first-order valence-electron chi connectivity index (χ1n) is 6.16. The van der Waals surface area contributed by atoms with Gasteiger partial charge < -0.3 is 5.32 Å². The van der Waals surface area contributed by atoms with E-state index in [4.69, 9.17) is 11.6 Å². The lowest BCUT2D eigenvalue weighted by Crippen LogP contribution is -2.13. The van der Waals surface area contributed by atoms with Gasteiger partial charge in [-0.15, -0.1) is 11.3 Å². The van der Waals surface area contributed by atoms with Crippen LogP contribution in [-0.4, -0.2) is 10.9 Å². The van der Waals surface area contributed by atoms with Crippen LogP contribution < -0.4 is 5.32 Å². The largest absolute Gasteiger partial charge is 0.302 e. The molecule has 0 bridgehead atoms. The molecule has 1 N–H and O–H groups in total. The summed E-state index contributed by atoms with van der Waals surface area (Å²) in [6.07, 6.45) is 0.456. The zero-order chi connectivity index (χ0) is 14.7. The van der Waals surface area contributed by atoms with E-state index < -0.39 is 5.82 Å². The van der Waals surface area contributed by atoms with Crippen molar-refractivity contribution < 1.29 is 9.18 Å². The third kappa shape index (κ3) is 3.77. The number of rotatable bonds is 4. The Kier molecular flexibility index (Phi) is 4.73. The molecule has 0 aliphatic carbocycles. The Morgan fingerprint density at radius 2 is 2.25 bits per heavy atom. The molecule has 0 atom stereocenters. The highest BCUT2D eigenvalue weighted by Gasteiger charge is 2.10. The maximum atomic E-state index is 13.1. The molecule has 0 aliphatic rings. The van der Waals surface area contributed by atoms with Crippen molar-refractivity contribution in [2.24, 2.45) is 5.92 Å². The minimum absolute atomic E-state index is 0.0564. The molecule has 0 aliphatic heterocycles. The smallest absolute Gasteiger partial charge is 0.226 e. The van der Waals surface area contributed by atoms with E-state index in [9.17, 15) is 9.18 Å². The summed E-state index contributed by atoms with van der Waals surface area (Å²) < 4.78 is 13.1. The van der Waals surface area contributed by atoms with Crippen LogP contribution in [0.1, 0.15) is 20.3 Å². The van der Waals surface area contributed by atoms with Gasteiger partial charge in [0, 0.05) is 17.4 Å². The van der Waals surface area contributed by atoms with Crippen LogP contribution in [0.2, 0.25) is 5.02 Å². The first kappa shape index (κ1) is 14.9. The van der Waals surface area contributed by atoms with Crippen molar-refractivity contribution in [2.75, 3.05) is 5.32 Å². The van der Waals surface area contributed by atoms with Gasteiger partial charge >= 0.3 is 0 Å². The van der Waals surface area contributed by atoms with Crippen molar-refractivity contribution in [3.05, 3.63) is 34.4 Å². The number of benzene rings is 1. The number of nitrogens with one attached hydrogen (secondary N) is 1. The summed E-state index contributed by atoms with van der Waals surface area (Å²) in [6.45, 7) is 3.96. The average molecular weight is 313 g/mol. The predicted molar refractivity (Wildman–Crippen MR) is 80.6 cm³/mol. The molecule has 0 unspecified atom stereocenters. The number of amides is 1. The lowest BCUT2D eigenvalue weighted by Gasteiger charge is -2.03. The summed E-state index contributed by atoms with van der Waals surface area (Å²) >= 11 is 7.07. The topological polar surface area (TPSA) is 42.0 Å². The summed E-state index contributed by atoms with van der Waals surface area (Å²) in [7, 11) is 0. The predicted octanol–water partition coefficient (Wildman–Crippen LogP) is 4.59. The first-order chi connectivity index (χ1) is 9.45. The molecule has 2 aromatic rings. The number of nitrogens with zero attached hydrogens (tertiary/aromatic N) is 1. The highest BCUT2D eigenvalue weighted by Crippen LogP contribution is 2.28. The highest BCUT2D eigenvalue weighted by molar-refractivity contribution is 7.14. The SMILES string of the molecule is CC(C)CC(=O)Nc1nc(-c2ccc(F)c(Cl)c2)cs1. The maximum Gasteiger partial charge on any atom is 0.226 e. The summed E-state index contributed by atoms with van der Waals surface area (Å²) in [5, 5.41) is 5.14. The van der Waals surface area contributed by atoms with Crippen molar-refractivity contribution in [2.45, 2.75) is 20.3 Å². The van der Waals surface area contributed by atoms with Crippen LogP contribution >= 0.6 is 22.9 Å². The van der Waals surface area contributed by atoms with Crippen molar-refractivity contribution >= 4 is 34.0 Å². The van der Waals surface area contributed by atoms with E-state index in [0.717, 1.165) is 5.56 Å². The lowest BCUT2D eigenvalue weighted by molar-refractivity contribution is -0.116. The number of aromatic nitrogens is 1. The molecule has 20 heavy (non-hydrogen) atoms. The van der Waals surface area contributed by atoms with E-state index in [2.05, 4.69) is 10.3 Å². The number of carbonyl (C=O) groups is 1. The third-order valence-electron chi connectivity index (χ3n) is 2.56. The van der Waals surface area contributed by atoms with Crippen LogP contribution in [0.5, 0.6) is 0 Å². The minimum atomic E-state index is -0.462. The van der Waals surface area contributed by atoms with Gasteiger partial charge in [0.1, 0.15) is 5.82 Å². The third-order valence-corrected chi connectivity index (χ3v) is 3.61. The Labute approximate surface area is 125 Å². The quantitative estimate of drug-likeness (QED) is 0.897. The van der Waals surface area contributed by atoms with E-state index in [-0.39, 0.29) is 10.9 Å². The number of hydrogen-bond acceptors (Lipinski definition) is 3. The molecular formula is C14H14ClFN2OS. The van der Waals surface area contributed by atoms with Crippen LogP contribution in [0.15, 0.2) is 23.6 Å². The summed E-state index contributed by atoms with van der Waals surface area (Å²) in [4.78, 5) is 16.0. The van der Waals surface area contributed by atoms with Crippen molar-refractivity contribution in [3.63, 3.8) is 0 Å². The maximum absolute atomic E-state index is 13.1. The van der Waals surface area contributed by atoms with Gasteiger partial charge in [0.25, 0.3) is 0 Å². The fraction of sp³-hybridized carbons (Fsp3) is 0.286. The molecule has 0 radical (unpaired) electrons. The number of carbonyl (C=O) groups excluding carboxylic acids is 1. The molecular weight excluding hydrogens is 299 g/mol. The van der Waals surface area contributed by atoms with Crippen LogP contribution in [0.4, 0.5) is 9.52 Å². The molecule has 3 nitrogen and oxygen atoms in total. The monoisotopic (exact) mass is 312 g/mol. The molecule has 2 rings (SSSR count). The number of thiazole rings is 1. The van der Waals surface area contributed by atoms with Gasteiger partial charge in [-0.3, -0.25) is 4.79 Å². The van der Waals surface area contributed by atoms with E-state index in [1.54, 1.807) is 11.4 Å². The average Bonchev–Trinajstić information content (AvgIpc) is 2.80. The number of anilines is 1. The second-order valence-electron chi connectivity index (χ2n) is 4.81. The molecule has 1 aromatic carbocycles. The minimum Gasteiger partial charge on any atom is -0.302 e. The molecule has 0 fully saturated rings. The van der Waals surface area contributed by atoms with Crippen LogP contribution in [0.3, 0.4) is 0 Å². The molecule has 6 heteroatoms. The number of hydrogen-bond donors (Lipinski definition) is 1. The summed E-state index contributed by atoms with van der Waals surface area (Å²) in [5.74, 6) is -0.223. The zero-order valence-corrected chi connectivity index (χ0v) is 12.7. The van der Waals surface area contributed by atoms with E-state index in [0.29, 0.717) is 23.2 Å². The van der Waals surface area contributed by atoms with Crippen LogP contribution in [0, 0.1) is 11.7 Å². The zero-order valence-electron chi connectivity index (χ0n) is 11.1. The van der Waals surface area contributed by atoms with Gasteiger partial charge in [-0.2, -0.15) is 0 Å². The van der Waals surface area contributed by atoms with E-state index >= 15 is 0 Å². The Morgan fingerprint density at radius 3 is 2.90 bits per heavy atom. The van der Waals surface area contributed by atoms with Crippen LogP contribution in [-0.2, 0) is 4.79 Å². The second-order valence-corrected chi connectivity index (χ2v) is 6.08. The summed E-state index contributed by atoms with van der Waals surface area (Å²) in [5.41, 5.74) is 1.38. The number of halogens is 2. The second kappa shape index (κ2) is 6.33. The Bertz CT molecular complexity index is 627.